The Morgan fingerprint density at radius 1 is 1.12 bits per heavy atom. The minimum atomic E-state index is -0.620. The Labute approximate surface area is 201 Å². The standard InChI is InChI=1S/C25H35N5O4/c1-25(2,3)34-24(33)26-20(18-8-6-5-7-9-18)14-22(31)28-12-10-19(11-13-28)30-17-29-16-27(4)15-21(29)23(30)32/h5-9,15,19-20H,10-14,16-17H2,1-4H3,(H,26,33). The molecule has 9 heteroatoms. The fourth-order valence-electron chi connectivity index (χ4n) is 4.78. The number of hydrogen-bond acceptors (Lipinski definition) is 6. The molecule has 0 aromatic heterocycles. The van der Waals surface area contributed by atoms with E-state index < -0.39 is 17.7 Å². The number of hydrogen-bond donors (Lipinski definition) is 1. The molecule has 0 radical (unpaired) electrons. The van der Waals surface area contributed by atoms with Crippen molar-refractivity contribution in [3.05, 3.63) is 47.8 Å². The molecule has 1 N–H and O–H groups in total. The van der Waals surface area contributed by atoms with E-state index in [1.165, 1.54) is 0 Å². The molecule has 1 aromatic rings. The van der Waals surface area contributed by atoms with Crippen LogP contribution in [0.25, 0.3) is 0 Å². The first-order valence-corrected chi connectivity index (χ1v) is 11.9. The van der Waals surface area contributed by atoms with Gasteiger partial charge in [0.25, 0.3) is 5.91 Å². The first-order valence-electron chi connectivity index (χ1n) is 11.9. The van der Waals surface area contributed by atoms with E-state index in [0.717, 1.165) is 30.8 Å². The smallest absolute Gasteiger partial charge is 0.408 e. The molecule has 2 saturated heterocycles. The van der Waals surface area contributed by atoms with E-state index in [9.17, 15) is 14.4 Å². The van der Waals surface area contributed by atoms with Gasteiger partial charge in [-0.1, -0.05) is 30.3 Å². The lowest BCUT2D eigenvalue weighted by Crippen LogP contribution is -2.48. The maximum Gasteiger partial charge on any atom is 0.408 e. The molecule has 0 spiro atoms. The Balaban J connectivity index is 1.34. The van der Waals surface area contributed by atoms with Crippen LogP contribution in [0.4, 0.5) is 4.79 Å². The van der Waals surface area contributed by atoms with Crippen molar-refractivity contribution in [3.8, 4) is 0 Å². The number of piperidine rings is 1. The first-order chi connectivity index (χ1) is 16.1. The zero-order chi connectivity index (χ0) is 24.5. The molecule has 3 heterocycles. The number of amides is 3. The average molecular weight is 470 g/mol. The number of carbonyl (C=O) groups is 3. The van der Waals surface area contributed by atoms with E-state index in [-0.39, 0.29) is 24.3 Å². The fourth-order valence-corrected chi connectivity index (χ4v) is 4.78. The molecule has 4 rings (SSSR count). The molecule has 1 unspecified atom stereocenters. The highest BCUT2D eigenvalue weighted by Gasteiger charge is 2.41. The van der Waals surface area contributed by atoms with Crippen LogP contribution >= 0.6 is 0 Å². The number of benzene rings is 1. The Morgan fingerprint density at radius 2 is 1.79 bits per heavy atom. The van der Waals surface area contributed by atoms with Crippen molar-refractivity contribution in [3.63, 3.8) is 0 Å². The van der Waals surface area contributed by atoms with Crippen molar-refractivity contribution in [1.82, 2.24) is 24.9 Å². The molecule has 3 aliphatic heterocycles. The minimum Gasteiger partial charge on any atom is -0.444 e. The van der Waals surface area contributed by atoms with Crippen molar-refractivity contribution < 1.29 is 19.1 Å². The Morgan fingerprint density at radius 3 is 2.41 bits per heavy atom. The second-order valence-electron chi connectivity index (χ2n) is 10.3. The zero-order valence-electron chi connectivity index (χ0n) is 20.5. The second-order valence-corrected chi connectivity index (χ2v) is 10.3. The highest BCUT2D eigenvalue weighted by atomic mass is 16.6. The van der Waals surface area contributed by atoms with Gasteiger partial charge < -0.3 is 29.7 Å². The van der Waals surface area contributed by atoms with Gasteiger partial charge in [0.05, 0.1) is 25.8 Å². The van der Waals surface area contributed by atoms with Gasteiger partial charge in [-0.25, -0.2) is 4.79 Å². The Hall–Kier alpha value is -3.23. The molecule has 0 saturated carbocycles. The number of alkyl carbamates (subject to hydrolysis) is 1. The molecule has 0 bridgehead atoms. The number of nitrogens with one attached hydrogen (secondary N) is 1. The van der Waals surface area contributed by atoms with Gasteiger partial charge in [-0.3, -0.25) is 9.59 Å². The third-order valence-corrected chi connectivity index (χ3v) is 6.41. The lowest BCUT2D eigenvalue weighted by Gasteiger charge is -2.37. The highest BCUT2D eigenvalue weighted by Crippen LogP contribution is 2.29. The van der Waals surface area contributed by atoms with Crippen LogP contribution in [0.2, 0.25) is 0 Å². The van der Waals surface area contributed by atoms with E-state index in [2.05, 4.69) is 10.2 Å². The summed E-state index contributed by atoms with van der Waals surface area (Å²) >= 11 is 0. The fraction of sp³-hybridized carbons (Fsp3) is 0.560. The summed E-state index contributed by atoms with van der Waals surface area (Å²) in [6.07, 6.45) is 3.03. The second kappa shape index (κ2) is 9.56. The Kier molecular flexibility index (Phi) is 6.72. The molecule has 3 amide bonds. The number of fused-ring (bicyclic) bond motifs is 1. The van der Waals surface area contributed by atoms with Gasteiger partial charge >= 0.3 is 6.09 Å². The summed E-state index contributed by atoms with van der Waals surface area (Å²) in [5.74, 6) is 0.0703. The van der Waals surface area contributed by atoms with Gasteiger partial charge in [-0.05, 0) is 39.2 Å². The van der Waals surface area contributed by atoms with Crippen LogP contribution in [-0.2, 0) is 14.3 Å². The molecule has 184 valence electrons. The number of ether oxygens (including phenoxy) is 1. The van der Waals surface area contributed by atoms with Crippen LogP contribution in [0, 0.1) is 0 Å². The number of carbonyl (C=O) groups excluding carboxylic acids is 3. The lowest BCUT2D eigenvalue weighted by atomic mass is 10.00. The number of likely N-dealkylation sites (tertiary alicyclic amines) is 1. The molecular formula is C25H35N5O4. The summed E-state index contributed by atoms with van der Waals surface area (Å²) in [6.45, 7) is 7.97. The number of rotatable bonds is 5. The predicted octanol–water partition coefficient (Wildman–Crippen LogP) is 2.48. The molecule has 34 heavy (non-hydrogen) atoms. The summed E-state index contributed by atoms with van der Waals surface area (Å²) in [5.41, 5.74) is 1.00. The van der Waals surface area contributed by atoms with E-state index >= 15 is 0 Å². The Bertz CT molecular complexity index is 950. The summed E-state index contributed by atoms with van der Waals surface area (Å²) in [7, 11) is 1.97. The van der Waals surface area contributed by atoms with E-state index in [1.807, 2.05) is 79.1 Å². The third kappa shape index (κ3) is 5.46. The van der Waals surface area contributed by atoms with Crippen LogP contribution in [0.15, 0.2) is 42.2 Å². The van der Waals surface area contributed by atoms with Crippen LogP contribution in [0.3, 0.4) is 0 Å². The minimum absolute atomic E-state index is 0.0129. The topological polar surface area (TPSA) is 85.4 Å². The molecule has 1 atom stereocenters. The van der Waals surface area contributed by atoms with Gasteiger partial charge in [-0.2, -0.15) is 0 Å². The predicted molar refractivity (Wildman–Crippen MR) is 127 cm³/mol. The van der Waals surface area contributed by atoms with Crippen LogP contribution in [0.5, 0.6) is 0 Å². The summed E-state index contributed by atoms with van der Waals surface area (Å²) in [6, 6.07) is 9.15. The van der Waals surface area contributed by atoms with Gasteiger partial charge in [0, 0.05) is 32.4 Å². The van der Waals surface area contributed by atoms with Crippen molar-refractivity contribution in [2.75, 3.05) is 33.5 Å². The molecule has 3 aliphatic rings. The van der Waals surface area contributed by atoms with Crippen molar-refractivity contribution in [2.24, 2.45) is 0 Å². The van der Waals surface area contributed by atoms with Gasteiger partial charge in [0.15, 0.2) is 0 Å². The molecular weight excluding hydrogens is 434 g/mol. The SMILES string of the molecule is CN1C=C2C(=O)N(C3CCN(C(=O)CC(NC(=O)OC(C)(C)C)c4ccccc4)CC3)CN2C1. The van der Waals surface area contributed by atoms with E-state index in [0.29, 0.717) is 19.8 Å². The first kappa shape index (κ1) is 23.9. The van der Waals surface area contributed by atoms with Gasteiger partial charge in [-0.15, -0.1) is 0 Å². The maximum atomic E-state index is 13.2. The van der Waals surface area contributed by atoms with Crippen LogP contribution < -0.4 is 5.32 Å². The third-order valence-electron chi connectivity index (χ3n) is 6.41. The largest absolute Gasteiger partial charge is 0.444 e. The summed E-state index contributed by atoms with van der Waals surface area (Å²) in [4.78, 5) is 46.3. The summed E-state index contributed by atoms with van der Waals surface area (Å²) in [5, 5.41) is 2.87. The van der Waals surface area contributed by atoms with Crippen molar-refractivity contribution in [1.29, 1.82) is 0 Å². The van der Waals surface area contributed by atoms with E-state index in [4.69, 9.17) is 4.74 Å². The van der Waals surface area contributed by atoms with Crippen LogP contribution in [-0.4, -0.2) is 82.6 Å². The van der Waals surface area contributed by atoms with Crippen molar-refractivity contribution >= 4 is 17.9 Å². The van der Waals surface area contributed by atoms with E-state index in [1.54, 1.807) is 0 Å². The lowest BCUT2D eigenvalue weighted by molar-refractivity contribution is -0.134. The maximum absolute atomic E-state index is 13.2. The molecule has 0 aliphatic carbocycles. The average Bonchev–Trinajstić information content (AvgIpc) is 3.29. The highest BCUT2D eigenvalue weighted by molar-refractivity contribution is 5.95. The normalized spacial score (nSPS) is 19.8. The quantitative estimate of drug-likeness (QED) is 0.713. The molecule has 1 aromatic carbocycles. The zero-order valence-corrected chi connectivity index (χ0v) is 20.5. The van der Waals surface area contributed by atoms with Gasteiger partial charge in [0.1, 0.15) is 11.3 Å². The monoisotopic (exact) mass is 469 g/mol. The summed E-state index contributed by atoms with van der Waals surface area (Å²) < 4.78 is 5.41. The van der Waals surface area contributed by atoms with Crippen molar-refractivity contribution in [2.45, 2.75) is 57.7 Å². The van der Waals surface area contributed by atoms with Gasteiger partial charge in [0.2, 0.25) is 5.91 Å². The van der Waals surface area contributed by atoms with Crippen LogP contribution in [0.1, 0.15) is 51.6 Å². The molecule has 2 fully saturated rings. The molecule has 9 nitrogen and oxygen atoms in total. The number of nitrogens with zero attached hydrogens (tertiary/aromatic N) is 4.